The number of nitrogens with zero attached hydrogens (tertiary/aromatic N) is 1. The molecular formula is C10H20ClNO3S. The molecule has 1 heterocycles. The molecule has 0 aliphatic carbocycles. The molecular weight excluding hydrogens is 250 g/mol. The van der Waals surface area contributed by atoms with Gasteiger partial charge in [0.15, 0.2) is 0 Å². The number of rotatable bonds is 6. The smallest absolute Gasteiger partial charge is 0.214 e. The van der Waals surface area contributed by atoms with Crippen molar-refractivity contribution in [1.82, 2.24) is 4.31 Å². The first-order chi connectivity index (χ1) is 7.60. The number of piperidine rings is 1. The monoisotopic (exact) mass is 269 g/mol. The number of ether oxygens (including phenoxy) is 1. The van der Waals surface area contributed by atoms with E-state index in [1.807, 2.05) is 0 Å². The Bertz CT molecular complexity index is 294. The van der Waals surface area contributed by atoms with E-state index in [1.54, 1.807) is 11.4 Å². The normalized spacial score (nSPS) is 23.5. The van der Waals surface area contributed by atoms with Gasteiger partial charge in [-0.1, -0.05) is 0 Å². The van der Waals surface area contributed by atoms with E-state index in [2.05, 4.69) is 0 Å². The standard InChI is InChI=1S/C10H20ClNO3S/c1-15-10-5-4-7-12(9-10)16(13,14)8-3-2-6-11/h10H,2-9H2,1H3. The van der Waals surface area contributed by atoms with E-state index in [4.69, 9.17) is 16.3 Å². The third-order valence-electron chi connectivity index (χ3n) is 2.85. The second-order valence-corrected chi connectivity index (χ2v) is 6.54. The number of hydrogen-bond donors (Lipinski definition) is 0. The second-order valence-electron chi connectivity index (χ2n) is 4.07. The highest BCUT2D eigenvalue weighted by molar-refractivity contribution is 7.89. The molecule has 0 radical (unpaired) electrons. The Balaban J connectivity index is 2.47. The first-order valence-electron chi connectivity index (χ1n) is 5.66. The molecule has 0 amide bonds. The molecule has 0 aromatic heterocycles. The van der Waals surface area contributed by atoms with Crippen molar-refractivity contribution in [1.29, 1.82) is 0 Å². The van der Waals surface area contributed by atoms with E-state index < -0.39 is 10.0 Å². The molecule has 4 nitrogen and oxygen atoms in total. The van der Waals surface area contributed by atoms with Gasteiger partial charge < -0.3 is 4.74 Å². The van der Waals surface area contributed by atoms with Gasteiger partial charge in [0.1, 0.15) is 0 Å². The molecule has 0 aromatic rings. The predicted octanol–water partition coefficient (Wildman–Crippen LogP) is 1.45. The predicted molar refractivity (Wildman–Crippen MR) is 65.3 cm³/mol. The summed E-state index contributed by atoms with van der Waals surface area (Å²) in [5.41, 5.74) is 0. The number of methoxy groups -OCH3 is 1. The Hall–Kier alpha value is 0.160. The molecule has 1 saturated heterocycles. The maximum Gasteiger partial charge on any atom is 0.214 e. The van der Waals surface area contributed by atoms with Crippen molar-refractivity contribution in [2.75, 3.05) is 31.8 Å². The summed E-state index contributed by atoms with van der Waals surface area (Å²) in [6.45, 7) is 1.13. The molecule has 1 fully saturated rings. The first kappa shape index (κ1) is 14.2. The summed E-state index contributed by atoms with van der Waals surface area (Å²) >= 11 is 5.53. The maximum absolute atomic E-state index is 11.9. The summed E-state index contributed by atoms with van der Waals surface area (Å²) in [5, 5.41) is 0. The van der Waals surface area contributed by atoms with Crippen LogP contribution in [0, 0.1) is 0 Å². The number of alkyl halides is 1. The highest BCUT2D eigenvalue weighted by Crippen LogP contribution is 2.17. The molecule has 0 saturated carbocycles. The highest BCUT2D eigenvalue weighted by atomic mass is 35.5. The summed E-state index contributed by atoms with van der Waals surface area (Å²) in [4.78, 5) is 0. The molecule has 0 aromatic carbocycles. The van der Waals surface area contributed by atoms with Crippen molar-refractivity contribution in [2.45, 2.75) is 31.8 Å². The van der Waals surface area contributed by atoms with E-state index in [0.29, 0.717) is 25.4 Å². The molecule has 0 spiro atoms. The van der Waals surface area contributed by atoms with Crippen LogP contribution in [0.3, 0.4) is 0 Å². The molecule has 16 heavy (non-hydrogen) atoms. The fourth-order valence-electron chi connectivity index (χ4n) is 1.86. The summed E-state index contributed by atoms with van der Waals surface area (Å²) in [7, 11) is -1.47. The number of sulfonamides is 1. The van der Waals surface area contributed by atoms with Gasteiger partial charge >= 0.3 is 0 Å². The van der Waals surface area contributed by atoms with Gasteiger partial charge in [-0.05, 0) is 25.7 Å². The Morgan fingerprint density at radius 3 is 2.81 bits per heavy atom. The lowest BCUT2D eigenvalue weighted by atomic mass is 10.1. The van der Waals surface area contributed by atoms with Crippen LogP contribution in [0.15, 0.2) is 0 Å². The van der Waals surface area contributed by atoms with E-state index in [1.165, 1.54) is 0 Å². The molecule has 96 valence electrons. The van der Waals surface area contributed by atoms with Crippen molar-refractivity contribution in [3.63, 3.8) is 0 Å². The zero-order valence-electron chi connectivity index (χ0n) is 9.69. The summed E-state index contributed by atoms with van der Waals surface area (Å²) < 4.78 is 30.7. The Labute approximate surface area is 103 Å². The van der Waals surface area contributed by atoms with Crippen molar-refractivity contribution < 1.29 is 13.2 Å². The van der Waals surface area contributed by atoms with Crippen LogP contribution in [0.25, 0.3) is 0 Å². The van der Waals surface area contributed by atoms with Gasteiger partial charge in [-0.15, -0.1) is 11.6 Å². The highest BCUT2D eigenvalue weighted by Gasteiger charge is 2.28. The van der Waals surface area contributed by atoms with E-state index in [9.17, 15) is 8.42 Å². The molecule has 1 atom stereocenters. The average Bonchev–Trinajstić information content (AvgIpc) is 2.29. The minimum absolute atomic E-state index is 0.0524. The van der Waals surface area contributed by atoms with Crippen molar-refractivity contribution in [2.24, 2.45) is 0 Å². The minimum atomic E-state index is -3.10. The molecule has 1 unspecified atom stereocenters. The fraction of sp³-hybridized carbons (Fsp3) is 1.00. The molecule has 0 N–H and O–H groups in total. The first-order valence-corrected chi connectivity index (χ1v) is 7.81. The lowest BCUT2D eigenvalue weighted by Gasteiger charge is -2.31. The van der Waals surface area contributed by atoms with Gasteiger partial charge in [0.2, 0.25) is 10.0 Å². The Kier molecular flexibility index (Phi) is 6.03. The van der Waals surface area contributed by atoms with E-state index >= 15 is 0 Å². The quantitative estimate of drug-likeness (QED) is 0.542. The van der Waals surface area contributed by atoms with Crippen LogP contribution in [-0.4, -0.2) is 50.7 Å². The maximum atomic E-state index is 11.9. The zero-order chi connectivity index (χ0) is 12.0. The Morgan fingerprint density at radius 1 is 1.44 bits per heavy atom. The van der Waals surface area contributed by atoms with Crippen LogP contribution in [0.1, 0.15) is 25.7 Å². The van der Waals surface area contributed by atoms with Crippen LogP contribution < -0.4 is 0 Å². The summed E-state index contributed by atoms with van der Waals surface area (Å²) in [6, 6.07) is 0. The SMILES string of the molecule is COC1CCCN(S(=O)(=O)CCCCCl)C1. The summed E-state index contributed by atoms with van der Waals surface area (Å²) in [5.74, 6) is 0.729. The second kappa shape index (κ2) is 6.79. The fourth-order valence-corrected chi connectivity index (χ4v) is 3.67. The third kappa shape index (κ3) is 4.20. The van der Waals surface area contributed by atoms with Gasteiger partial charge in [0, 0.05) is 26.1 Å². The molecule has 1 aliphatic rings. The topological polar surface area (TPSA) is 46.6 Å². The molecule has 6 heteroatoms. The van der Waals surface area contributed by atoms with Crippen LogP contribution in [0.4, 0.5) is 0 Å². The molecule has 0 bridgehead atoms. The van der Waals surface area contributed by atoms with Gasteiger partial charge in [0.05, 0.1) is 11.9 Å². The van der Waals surface area contributed by atoms with Gasteiger partial charge in [0.25, 0.3) is 0 Å². The van der Waals surface area contributed by atoms with Crippen molar-refractivity contribution in [3.05, 3.63) is 0 Å². The number of hydrogen-bond acceptors (Lipinski definition) is 3. The van der Waals surface area contributed by atoms with Gasteiger partial charge in [-0.2, -0.15) is 4.31 Å². The van der Waals surface area contributed by atoms with E-state index in [0.717, 1.165) is 19.3 Å². The lowest BCUT2D eigenvalue weighted by Crippen LogP contribution is -2.43. The van der Waals surface area contributed by atoms with Crippen LogP contribution in [-0.2, 0) is 14.8 Å². The van der Waals surface area contributed by atoms with Crippen LogP contribution in [0.5, 0.6) is 0 Å². The zero-order valence-corrected chi connectivity index (χ0v) is 11.3. The molecule has 1 rings (SSSR count). The van der Waals surface area contributed by atoms with Crippen molar-refractivity contribution in [3.8, 4) is 0 Å². The largest absolute Gasteiger partial charge is 0.380 e. The average molecular weight is 270 g/mol. The van der Waals surface area contributed by atoms with Gasteiger partial charge in [-0.25, -0.2) is 8.42 Å². The minimum Gasteiger partial charge on any atom is -0.380 e. The third-order valence-corrected chi connectivity index (χ3v) is 5.04. The molecule has 1 aliphatic heterocycles. The number of unbranched alkanes of at least 4 members (excludes halogenated alkanes) is 1. The van der Waals surface area contributed by atoms with Crippen LogP contribution >= 0.6 is 11.6 Å². The Morgan fingerprint density at radius 2 is 2.19 bits per heavy atom. The van der Waals surface area contributed by atoms with Crippen LogP contribution in [0.2, 0.25) is 0 Å². The summed E-state index contributed by atoms with van der Waals surface area (Å²) in [6.07, 6.45) is 3.27. The van der Waals surface area contributed by atoms with Crippen molar-refractivity contribution >= 4 is 21.6 Å². The number of halogens is 1. The lowest BCUT2D eigenvalue weighted by molar-refractivity contribution is 0.0572. The van der Waals surface area contributed by atoms with Gasteiger partial charge in [-0.3, -0.25) is 0 Å². The van der Waals surface area contributed by atoms with E-state index in [-0.39, 0.29) is 11.9 Å².